The van der Waals surface area contributed by atoms with Gasteiger partial charge in [-0.3, -0.25) is 10.2 Å². The average Bonchev–Trinajstić information content (AvgIpc) is 2.95. The number of Topliss-reactive ketones (excluding diaryl/α,β-unsaturated/α-hetero) is 1. The highest BCUT2D eigenvalue weighted by atomic mass is 32.2. The summed E-state index contributed by atoms with van der Waals surface area (Å²) in [4.78, 5) is 12.0. The Morgan fingerprint density at radius 3 is 2.50 bits per heavy atom. The highest BCUT2D eigenvalue weighted by Crippen LogP contribution is 2.32. The molecule has 2 aliphatic rings. The maximum Gasteiger partial charge on any atom is 0.208 e. The lowest BCUT2D eigenvalue weighted by atomic mass is 9.87. The molecule has 4 N–H and O–H groups in total. The zero-order valence-corrected chi connectivity index (χ0v) is 12.9. The number of rotatable bonds is 3. The van der Waals surface area contributed by atoms with E-state index in [-0.39, 0.29) is 39.4 Å². The topological polar surface area (TPSA) is 126 Å². The Kier molecular flexibility index (Phi) is 4.05. The van der Waals surface area contributed by atoms with E-state index in [1.807, 2.05) is 0 Å². The molecule has 8 heteroatoms. The summed E-state index contributed by atoms with van der Waals surface area (Å²) in [6.07, 6.45) is 5.79. The first-order chi connectivity index (χ1) is 11.5. The Morgan fingerprint density at radius 2 is 1.88 bits per heavy atom. The van der Waals surface area contributed by atoms with Crippen molar-refractivity contribution in [2.75, 3.05) is 0 Å². The number of aliphatic hydroxyl groups is 1. The number of carbonyl (C=O) groups excluding carboxylic acids is 1. The van der Waals surface area contributed by atoms with E-state index in [2.05, 4.69) is 10.2 Å². The van der Waals surface area contributed by atoms with Crippen molar-refractivity contribution in [1.29, 1.82) is 5.41 Å². The van der Waals surface area contributed by atoms with Gasteiger partial charge in [0.1, 0.15) is 22.3 Å². The number of amidine groups is 1. The molecule has 1 aromatic carbocycles. The molecule has 7 nitrogen and oxygen atoms in total. The minimum absolute atomic E-state index is 0.0664. The van der Waals surface area contributed by atoms with Gasteiger partial charge in [0.25, 0.3) is 0 Å². The van der Waals surface area contributed by atoms with Crippen LogP contribution in [0.4, 0.5) is 0 Å². The first-order valence-corrected chi connectivity index (χ1v) is 7.56. The molecule has 0 atom stereocenters. The van der Waals surface area contributed by atoms with Gasteiger partial charge in [0.15, 0.2) is 0 Å². The number of allylic oxidation sites excluding steroid dienone is 5. The molecule has 1 aliphatic heterocycles. The van der Waals surface area contributed by atoms with Crippen molar-refractivity contribution in [2.24, 2.45) is 10.2 Å². The van der Waals surface area contributed by atoms with E-state index in [0.717, 1.165) is 11.8 Å². The highest BCUT2D eigenvalue weighted by molar-refractivity contribution is 8.17. The molecule has 0 saturated heterocycles. The Balaban J connectivity index is 1.79. The van der Waals surface area contributed by atoms with E-state index in [4.69, 9.17) is 5.41 Å². The summed E-state index contributed by atoms with van der Waals surface area (Å²) in [6, 6.07) is 4.07. The summed E-state index contributed by atoms with van der Waals surface area (Å²) in [7, 11) is 0. The van der Waals surface area contributed by atoms with Crippen molar-refractivity contribution in [3.8, 4) is 11.5 Å². The smallest absolute Gasteiger partial charge is 0.208 e. The quantitative estimate of drug-likeness (QED) is 0.627. The number of phenols is 2. The van der Waals surface area contributed by atoms with Gasteiger partial charge in [0.2, 0.25) is 11.0 Å². The lowest BCUT2D eigenvalue weighted by Crippen LogP contribution is -2.20. The zero-order chi connectivity index (χ0) is 17.3. The summed E-state index contributed by atoms with van der Waals surface area (Å²) in [5, 5.41) is 43.9. The van der Waals surface area contributed by atoms with Crippen LogP contribution in [0, 0.1) is 5.41 Å². The van der Waals surface area contributed by atoms with Crippen LogP contribution in [-0.2, 0) is 4.79 Å². The van der Waals surface area contributed by atoms with Gasteiger partial charge in [-0.05, 0) is 42.1 Å². The molecular weight excluding hydrogens is 330 g/mol. The molecule has 1 aliphatic carbocycles. The molecule has 120 valence electrons. The van der Waals surface area contributed by atoms with Crippen molar-refractivity contribution in [3.05, 3.63) is 63.9 Å². The maximum absolute atomic E-state index is 12.0. The average molecular weight is 341 g/mol. The van der Waals surface area contributed by atoms with E-state index in [9.17, 15) is 20.1 Å². The van der Waals surface area contributed by atoms with Gasteiger partial charge in [0.05, 0.1) is 11.1 Å². The number of benzene rings is 1. The molecule has 1 aromatic rings. The number of ketones is 1. The van der Waals surface area contributed by atoms with Crippen LogP contribution >= 0.6 is 11.8 Å². The van der Waals surface area contributed by atoms with E-state index in [1.54, 1.807) is 0 Å². The van der Waals surface area contributed by atoms with Gasteiger partial charge >= 0.3 is 0 Å². The molecule has 0 unspecified atom stereocenters. The second-order valence-corrected chi connectivity index (χ2v) is 5.87. The summed E-state index contributed by atoms with van der Waals surface area (Å²) >= 11 is 1.05. The van der Waals surface area contributed by atoms with Crippen LogP contribution in [0.3, 0.4) is 0 Å². The maximum atomic E-state index is 12.0. The number of azo groups is 1. The van der Waals surface area contributed by atoms with Crippen molar-refractivity contribution < 1.29 is 20.1 Å². The fourth-order valence-corrected chi connectivity index (χ4v) is 2.55. The predicted molar refractivity (Wildman–Crippen MR) is 89.8 cm³/mol. The van der Waals surface area contributed by atoms with Crippen LogP contribution in [0.25, 0.3) is 6.08 Å². The third-order valence-electron chi connectivity index (χ3n) is 3.28. The normalized spacial score (nSPS) is 20.7. The van der Waals surface area contributed by atoms with E-state index in [0.29, 0.717) is 10.6 Å². The van der Waals surface area contributed by atoms with E-state index in [1.165, 1.54) is 42.5 Å². The summed E-state index contributed by atoms with van der Waals surface area (Å²) in [5.74, 6) is -0.695. The number of nitrogens with one attached hydrogen (secondary N) is 1. The second kappa shape index (κ2) is 6.17. The van der Waals surface area contributed by atoms with Crippen molar-refractivity contribution >= 4 is 28.8 Å². The molecule has 0 aromatic heterocycles. The van der Waals surface area contributed by atoms with E-state index < -0.39 is 0 Å². The Bertz CT molecular complexity index is 910. The number of thioether (sulfide) groups is 1. The SMILES string of the molecule is N=C1N=NC(=CC=C2C(=O)C(C=Cc3ccc(O)cc3O)=C2O)S1. The lowest BCUT2D eigenvalue weighted by Gasteiger charge is -2.18. The number of aliphatic hydroxyl groups excluding tert-OH is 1. The third-order valence-corrected chi connectivity index (χ3v) is 3.98. The molecule has 0 amide bonds. The Morgan fingerprint density at radius 1 is 1.08 bits per heavy atom. The van der Waals surface area contributed by atoms with Gasteiger partial charge in [0, 0.05) is 11.6 Å². The molecule has 24 heavy (non-hydrogen) atoms. The van der Waals surface area contributed by atoms with Crippen molar-refractivity contribution in [2.45, 2.75) is 0 Å². The van der Waals surface area contributed by atoms with Crippen LogP contribution in [0.15, 0.2) is 68.6 Å². The second-order valence-electron chi connectivity index (χ2n) is 4.86. The summed E-state index contributed by atoms with van der Waals surface area (Å²) in [5.41, 5.74) is 0.675. The first-order valence-electron chi connectivity index (χ1n) is 6.74. The molecule has 3 rings (SSSR count). The van der Waals surface area contributed by atoms with Crippen LogP contribution in [-0.4, -0.2) is 26.3 Å². The number of aromatic hydroxyl groups is 2. The zero-order valence-electron chi connectivity index (χ0n) is 12.1. The lowest BCUT2D eigenvalue weighted by molar-refractivity contribution is -0.113. The molecular formula is C16H11N3O4S. The molecule has 0 bridgehead atoms. The molecule has 1 heterocycles. The van der Waals surface area contributed by atoms with Crippen LogP contribution < -0.4 is 0 Å². The van der Waals surface area contributed by atoms with Gasteiger partial charge in [-0.2, -0.15) is 0 Å². The summed E-state index contributed by atoms with van der Waals surface area (Å²) < 4.78 is 0. The number of carbonyl (C=O) groups is 1. The molecule has 0 radical (unpaired) electrons. The fourth-order valence-electron chi connectivity index (χ4n) is 2.05. The third kappa shape index (κ3) is 2.99. The van der Waals surface area contributed by atoms with Gasteiger partial charge in [-0.25, -0.2) is 0 Å². The minimum atomic E-state index is -0.339. The van der Waals surface area contributed by atoms with Gasteiger partial charge < -0.3 is 15.3 Å². The highest BCUT2D eigenvalue weighted by Gasteiger charge is 2.31. The molecule has 0 saturated carbocycles. The fraction of sp³-hybridized carbons (Fsp3) is 0. The number of hydrogen-bond donors (Lipinski definition) is 4. The minimum Gasteiger partial charge on any atom is -0.508 e. The Labute approximate surface area is 140 Å². The predicted octanol–water partition coefficient (Wildman–Crippen LogP) is 3.41. The molecule has 0 fully saturated rings. The Hall–Kier alpha value is -3.13. The largest absolute Gasteiger partial charge is 0.508 e. The monoisotopic (exact) mass is 341 g/mol. The van der Waals surface area contributed by atoms with Gasteiger partial charge in [-0.15, -0.1) is 10.2 Å². The molecule has 0 spiro atoms. The van der Waals surface area contributed by atoms with Crippen molar-refractivity contribution in [3.63, 3.8) is 0 Å². The number of hydrogen-bond acceptors (Lipinski definition) is 7. The summed E-state index contributed by atoms with van der Waals surface area (Å²) in [6.45, 7) is 0. The number of phenolic OH excluding ortho intramolecular Hbond substituents is 2. The van der Waals surface area contributed by atoms with Crippen LogP contribution in [0.1, 0.15) is 5.56 Å². The number of nitrogens with zero attached hydrogens (tertiary/aromatic N) is 2. The van der Waals surface area contributed by atoms with Crippen molar-refractivity contribution in [1.82, 2.24) is 0 Å². The van der Waals surface area contributed by atoms with Crippen LogP contribution in [0.2, 0.25) is 0 Å². The van der Waals surface area contributed by atoms with Crippen LogP contribution in [0.5, 0.6) is 11.5 Å². The first kappa shape index (κ1) is 15.8. The standard InChI is InChI=1S/C16H11N3O4S/c17-16-19-18-13(24-16)6-5-11-14(22)10(15(11)23)4-2-8-1-3-9(20)7-12(8)21/h1-7,17,20-22H. The van der Waals surface area contributed by atoms with Gasteiger partial charge in [-0.1, -0.05) is 6.08 Å². The van der Waals surface area contributed by atoms with E-state index >= 15 is 0 Å².